The fraction of sp³-hybridized carbons (Fsp3) is 0.538. The van der Waals surface area contributed by atoms with E-state index in [2.05, 4.69) is 24.1 Å². The first-order chi connectivity index (χ1) is 8.50. The van der Waals surface area contributed by atoms with Crippen molar-refractivity contribution in [2.24, 2.45) is 5.92 Å². The molecule has 1 amide bonds. The number of nitrogens with two attached hydrogens (primary N) is 1. The molecule has 1 aromatic rings. The van der Waals surface area contributed by atoms with E-state index >= 15 is 0 Å². The average Bonchev–Trinajstić information content (AvgIpc) is 2.31. The normalized spacial score (nSPS) is 10.7. The highest BCUT2D eigenvalue weighted by Gasteiger charge is 2.11. The minimum absolute atomic E-state index is 0.0519. The zero-order valence-corrected chi connectivity index (χ0v) is 10.9. The highest BCUT2D eigenvalue weighted by atomic mass is 19.1. The number of nitrogens with zero attached hydrogens (tertiary/aromatic N) is 1. The van der Waals surface area contributed by atoms with Crippen molar-refractivity contribution in [3.05, 3.63) is 23.6 Å². The van der Waals surface area contributed by atoms with Gasteiger partial charge in [0.25, 0.3) is 5.91 Å². The monoisotopic (exact) mass is 253 g/mol. The van der Waals surface area contributed by atoms with Crippen molar-refractivity contribution in [3.8, 4) is 0 Å². The van der Waals surface area contributed by atoms with E-state index in [-0.39, 0.29) is 17.3 Å². The van der Waals surface area contributed by atoms with Crippen LogP contribution in [0.2, 0.25) is 0 Å². The van der Waals surface area contributed by atoms with Gasteiger partial charge in [0.15, 0.2) is 0 Å². The van der Waals surface area contributed by atoms with E-state index in [1.165, 1.54) is 0 Å². The van der Waals surface area contributed by atoms with Gasteiger partial charge in [-0.3, -0.25) is 4.79 Å². The van der Waals surface area contributed by atoms with E-state index in [4.69, 9.17) is 5.73 Å². The maximum Gasteiger partial charge on any atom is 0.255 e. The van der Waals surface area contributed by atoms with Crippen molar-refractivity contribution in [1.82, 2.24) is 10.3 Å². The van der Waals surface area contributed by atoms with Crippen LogP contribution in [0.4, 0.5) is 10.2 Å². The molecule has 0 spiro atoms. The van der Waals surface area contributed by atoms with Crippen molar-refractivity contribution in [2.75, 3.05) is 12.3 Å². The van der Waals surface area contributed by atoms with Gasteiger partial charge in [-0.1, -0.05) is 26.7 Å². The molecule has 18 heavy (non-hydrogen) atoms. The Hall–Kier alpha value is -1.65. The SMILES string of the molecule is CC(C)CCCCNC(=O)c1cc(F)cnc1N. The fourth-order valence-electron chi connectivity index (χ4n) is 1.61. The molecule has 0 atom stereocenters. The smallest absolute Gasteiger partial charge is 0.255 e. The van der Waals surface area contributed by atoms with Gasteiger partial charge in [-0.25, -0.2) is 9.37 Å². The lowest BCUT2D eigenvalue weighted by atomic mass is 10.1. The summed E-state index contributed by atoms with van der Waals surface area (Å²) in [5.74, 6) is -0.210. The molecule has 5 heteroatoms. The van der Waals surface area contributed by atoms with Gasteiger partial charge in [-0.2, -0.15) is 0 Å². The molecule has 0 aliphatic rings. The molecule has 0 aliphatic heterocycles. The molecule has 0 radical (unpaired) electrons. The number of pyridine rings is 1. The number of anilines is 1. The molecule has 1 heterocycles. The van der Waals surface area contributed by atoms with E-state index in [0.717, 1.165) is 31.5 Å². The van der Waals surface area contributed by atoms with Crippen LogP contribution >= 0.6 is 0 Å². The van der Waals surface area contributed by atoms with Crippen LogP contribution in [-0.2, 0) is 0 Å². The molecule has 0 unspecified atom stereocenters. The predicted octanol–water partition coefficient (Wildman–Crippen LogP) is 2.36. The maximum absolute atomic E-state index is 12.9. The number of halogens is 1. The molecule has 100 valence electrons. The van der Waals surface area contributed by atoms with Crippen molar-refractivity contribution in [1.29, 1.82) is 0 Å². The summed E-state index contributed by atoms with van der Waals surface area (Å²) in [5.41, 5.74) is 5.62. The standard InChI is InChI=1S/C13H20FN3O/c1-9(2)5-3-4-6-16-13(18)11-7-10(14)8-17-12(11)15/h7-9H,3-6H2,1-2H3,(H2,15,17)(H,16,18). The summed E-state index contributed by atoms with van der Waals surface area (Å²) < 4.78 is 12.9. The lowest BCUT2D eigenvalue weighted by molar-refractivity contribution is 0.0953. The maximum atomic E-state index is 12.9. The number of hydrogen-bond donors (Lipinski definition) is 2. The van der Waals surface area contributed by atoms with E-state index in [1.807, 2.05) is 0 Å². The molecular weight excluding hydrogens is 233 g/mol. The third-order valence-electron chi connectivity index (χ3n) is 2.62. The number of aromatic nitrogens is 1. The Balaban J connectivity index is 2.39. The van der Waals surface area contributed by atoms with Gasteiger partial charge in [0.1, 0.15) is 11.6 Å². The molecule has 3 N–H and O–H groups in total. The lowest BCUT2D eigenvalue weighted by Crippen LogP contribution is -2.25. The predicted molar refractivity (Wildman–Crippen MR) is 69.6 cm³/mol. The zero-order chi connectivity index (χ0) is 13.5. The van der Waals surface area contributed by atoms with Crippen LogP contribution in [0.3, 0.4) is 0 Å². The largest absolute Gasteiger partial charge is 0.383 e. The molecule has 4 nitrogen and oxygen atoms in total. The Morgan fingerprint density at radius 1 is 1.50 bits per heavy atom. The Morgan fingerprint density at radius 3 is 2.89 bits per heavy atom. The molecule has 0 fully saturated rings. The van der Waals surface area contributed by atoms with Crippen LogP contribution in [0.5, 0.6) is 0 Å². The Morgan fingerprint density at radius 2 is 2.22 bits per heavy atom. The van der Waals surface area contributed by atoms with Gasteiger partial charge in [0.05, 0.1) is 11.8 Å². The third-order valence-corrected chi connectivity index (χ3v) is 2.62. The Labute approximate surface area is 107 Å². The number of hydrogen-bond acceptors (Lipinski definition) is 3. The first kappa shape index (κ1) is 14.4. The number of nitrogens with one attached hydrogen (secondary N) is 1. The molecular formula is C13H20FN3O. The Bertz CT molecular complexity index is 407. The molecule has 0 saturated carbocycles. The number of amides is 1. The van der Waals surface area contributed by atoms with Gasteiger partial charge in [0, 0.05) is 6.54 Å². The van der Waals surface area contributed by atoms with Gasteiger partial charge < -0.3 is 11.1 Å². The van der Waals surface area contributed by atoms with Gasteiger partial charge in [0.2, 0.25) is 0 Å². The number of carbonyl (C=O) groups excluding carboxylic acids is 1. The van der Waals surface area contributed by atoms with Gasteiger partial charge in [-0.05, 0) is 18.4 Å². The van der Waals surface area contributed by atoms with E-state index in [9.17, 15) is 9.18 Å². The first-order valence-corrected chi connectivity index (χ1v) is 6.20. The Kier molecular flexibility index (Phi) is 5.55. The number of rotatable bonds is 6. The highest BCUT2D eigenvalue weighted by Crippen LogP contribution is 2.10. The first-order valence-electron chi connectivity index (χ1n) is 6.20. The minimum Gasteiger partial charge on any atom is -0.383 e. The second kappa shape index (κ2) is 6.93. The van der Waals surface area contributed by atoms with Gasteiger partial charge in [-0.15, -0.1) is 0 Å². The second-order valence-corrected chi connectivity index (χ2v) is 4.73. The van der Waals surface area contributed by atoms with E-state index in [0.29, 0.717) is 12.5 Å². The van der Waals surface area contributed by atoms with Gasteiger partial charge >= 0.3 is 0 Å². The van der Waals surface area contributed by atoms with E-state index < -0.39 is 5.82 Å². The van der Waals surface area contributed by atoms with Crippen LogP contribution in [0.15, 0.2) is 12.3 Å². The summed E-state index contributed by atoms with van der Waals surface area (Å²) in [5, 5.41) is 2.72. The fourth-order valence-corrected chi connectivity index (χ4v) is 1.61. The summed E-state index contributed by atoms with van der Waals surface area (Å²) in [4.78, 5) is 15.3. The second-order valence-electron chi connectivity index (χ2n) is 4.73. The minimum atomic E-state index is -0.561. The van der Waals surface area contributed by atoms with Crippen LogP contribution in [-0.4, -0.2) is 17.4 Å². The number of nitrogen functional groups attached to an aromatic ring is 1. The van der Waals surface area contributed by atoms with Crippen molar-refractivity contribution >= 4 is 11.7 Å². The summed E-state index contributed by atoms with van der Waals surface area (Å²) in [7, 11) is 0. The molecule has 0 saturated heterocycles. The van der Waals surface area contributed by atoms with Crippen LogP contribution in [0.25, 0.3) is 0 Å². The van der Waals surface area contributed by atoms with Crippen molar-refractivity contribution in [2.45, 2.75) is 33.1 Å². The third kappa shape index (κ3) is 4.69. The summed E-state index contributed by atoms with van der Waals surface area (Å²) in [6.45, 7) is 4.90. The molecule has 0 aromatic carbocycles. The van der Waals surface area contributed by atoms with Crippen molar-refractivity contribution < 1.29 is 9.18 Å². The van der Waals surface area contributed by atoms with Crippen molar-refractivity contribution in [3.63, 3.8) is 0 Å². The number of unbranched alkanes of at least 4 members (excludes halogenated alkanes) is 1. The summed E-state index contributed by atoms with van der Waals surface area (Å²) in [6.07, 6.45) is 4.11. The van der Waals surface area contributed by atoms with Crippen LogP contribution in [0.1, 0.15) is 43.5 Å². The zero-order valence-electron chi connectivity index (χ0n) is 10.9. The van der Waals surface area contributed by atoms with Crippen LogP contribution in [0, 0.1) is 11.7 Å². The average molecular weight is 253 g/mol. The lowest BCUT2D eigenvalue weighted by Gasteiger charge is -2.07. The molecule has 1 aromatic heterocycles. The number of carbonyl (C=O) groups is 1. The quantitative estimate of drug-likeness (QED) is 0.765. The highest BCUT2D eigenvalue weighted by molar-refractivity contribution is 5.98. The molecule has 0 bridgehead atoms. The molecule has 1 rings (SSSR count). The summed E-state index contributed by atoms with van der Waals surface area (Å²) >= 11 is 0. The molecule has 0 aliphatic carbocycles. The van der Waals surface area contributed by atoms with Crippen LogP contribution < -0.4 is 11.1 Å². The van der Waals surface area contributed by atoms with E-state index in [1.54, 1.807) is 0 Å². The topological polar surface area (TPSA) is 68.0 Å². The summed E-state index contributed by atoms with van der Waals surface area (Å²) in [6, 6.07) is 1.10.